The maximum atomic E-state index is 12.8. The average Bonchev–Trinajstić information content (AvgIpc) is 2.97. The van der Waals surface area contributed by atoms with Gasteiger partial charge in [-0.15, -0.1) is 0 Å². The first kappa shape index (κ1) is 20.5. The summed E-state index contributed by atoms with van der Waals surface area (Å²) in [5, 5.41) is 9.42. The highest BCUT2D eigenvalue weighted by molar-refractivity contribution is 6.05. The summed E-state index contributed by atoms with van der Waals surface area (Å²) in [4.78, 5) is 25.3. The van der Waals surface area contributed by atoms with Crippen LogP contribution in [0.25, 0.3) is 10.8 Å². The predicted molar refractivity (Wildman–Crippen MR) is 116 cm³/mol. The van der Waals surface area contributed by atoms with Crippen molar-refractivity contribution in [2.45, 2.75) is 53.6 Å². The fraction of sp³-hybridized carbons (Fsp3) is 0.364. The van der Waals surface area contributed by atoms with Crippen molar-refractivity contribution < 1.29 is 4.79 Å². The molecule has 0 spiro atoms. The van der Waals surface area contributed by atoms with Crippen molar-refractivity contribution in [3.63, 3.8) is 0 Å². The van der Waals surface area contributed by atoms with Crippen LogP contribution in [0.3, 0.4) is 0 Å². The lowest BCUT2D eigenvalue weighted by Crippen LogP contribution is -2.29. The van der Waals surface area contributed by atoms with Gasteiger partial charge in [0.1, 0.15) is 0 Å². The Labute approximate surface area is 170 Å². The van der Waals surface area contributed by atoms with E-state index in [1.165, 1.54) is 4.68 Å². The standard InChI is InChI=1S/C22H27N5O2/c1-6-11-26-22(29)19-10-8-7-9-18(19)20(25-26)21(28)24-23-13-17-12-15(4)27(14(2)3)16(17)5/h7-10,12-14H,6,11H2,1-5H3,(H,24,28)/b23-13-. The van der Waals surface area contributed by atoms with Gasteiger partial charge in [0.2, 0.25) is 0 Å². The third-order valence-electron chi connectivity index (χ3n) is 4.93. The van der Waals surface area contributed by atoms with Crippen LogP contribution in [0.4, 0.5) is 0 Å². The molecule has 0 fully saturated rings. The zero-order valence-electron chi connectivity index (χ0n) is 17.6. The van der Waals surface area contributed by atoms with Gasteiger partial charge in [0.15, 0.2) is 5.69 Å². The summed E-state index contributed by atoms with van der Waals surface area (Å²) in [5.74, 6) is -0.444. The normalized spacial score (nSPS) is 11.7. The lowest BCUT2D eigenvalue weighted by Gasteiger charge is -2.13. The van der Waals surface area contributed by atoms with Gasteiger partial charge in [-0.05, 0) is 46.2 Å². The van der Waals surface area contributed by atoms with Crippen LogP contribution in [0.15, 0.2) is 40.2 Å². The molecule has 29 heavy (non-hydrogen) atoms. The van der Waals surface area contributed by atoms with Crippen molar-refractivity contribution in [2.75, 3.05) is 0 Å². The Kier molecular flexibility index (Phi) is 5.96. The SMILES string of the molecule is CCCn1nc(C(=O)N/N=C\c2cc(C)n(C(C)C)c2C)c2ccccc2c1=O. The molecule has 0 bridgehead atoms. The lowest BCUT2D eigenvalue weighted by atomic mass is 10.1. The molecule has 1 aromatic carbocycles. The Bertz CT molecular complexity index is 1140. The van der Waals surface area contributed by atoms with Crippen molar-refractivity contribution >= 4 is 22.9 Å². The molecular weight excluding hydrogens is 366 g/mol. The minimum Gasteiger partial charge on any atom is -0.346 e. The summed E-state index contributed by atoms with van der Waals surface area (Å²) in [6.45, 7) is 10.8. The monoisotopic (exact) mass is 393 g/mol. The molecule has 0 aliphatic heterocycles. The van der Waals surface area contributed by atoms with E-state index in [9.17, 15) is 9.59 Å². The third-order valence-corrected chi connectivity index (χ3v) is 4.93. The van der Waals surface area contributed by atoms with Crippen LogP contribution in [0, 0.1) is 13.8 Å². The van der Waals surface area contributed by atoms with E-state index in [0.29, 0.717) is 23.4 Å². The number of carbonyl (C=O) groups is 1. The first-order valence-electron chi connectivity index (χ1n) is 9.86. The number of nitrogens with zero attached hydrogens (tertiary/aromatic N) is 4. The largest absolute Gasteiger partial charge is 0.346 e. The topological polar surface area (TPSA) is 81.3 Å². The molecule has 2 heterocycles. The van der Waals surface area contributed by atoms with Crippen LogP contribution in [0.1, 0.15) is 60.7 Å². The van der Waals surface area contributed by atoms with Crippen LogP contribution in [-0.2, 0) is 6.54 Å². The van der Waals surface area contributed by atoms with Gasteiger partial charge in [-0.25, -0.2) is 10.1 Å². The van der Waals surface area contributed by atoms with E-state index in [1.807, 2.05) is 19.9 Å². The summed E-state index contributed by atoms with van der Waals surface area (Å²) < 4.78 is 3.57. The Morgan fingerprint density at radius 1 is 1.24 bits per heavy atom. The molecule has 0 saturated carbocycles. The molecule has 152 valence electrons. The van der Waals surface area contributed by atoms with E-state index in [-0.39, 0.29) is 11.3 Å². The molecule has 0 radical (unpaired) electrons. The molecular formula is C22H27N5O2. The minimum absolute atomic E-state index is 0.191. The van der Waals surface area contributed by atoms with Crippen LogP contribution in [0.2, 0.25) is 0 Å². The summed E-state index contributed by atoms with van der Waals surface area (Å²) in [6.07, 6.45) is 2.39. The first-order valence-corrected chi connectivity index (χ1v) is 9.86. The minimum atomic E-state index is -0.444. The summed E-state index contributed by atoms with van der Waals surface area (Å²) in [7, 11) is 0. The first-order chi connectivity index (χ1) is 13.8. The van der Waals surface area contributed by atoms with E-state index in [4.69, 9.17) is 0 Å². The lowest BCUT2D eigenvalue weighted by molar-refractivity contribution is 0.0949. The molecule has 3 rings (SSSR count). The van der Waals surface area contributed by atoms with Gasteiger partial charge in [0.05, 0.1) is 11.6 Å². The summed E-state index contributed by atoms with van der Waals surface area (Å²) >= 11 is 0. The predicted octanol–water partition coefficient (Wildman–Crippen LogP) is 3.57. The maximum absolute atomic E-state index is 12.8. The number of hydrazone groups is 1. The number of hydrogen-bond acceptors (Lipinski definition) is 4. The number of rotatable bonds is 6. The van der Waals surface area contributed by atoms with Crippen molar-refractivity contribution in [2.24, 2.45) is 5.10 Å². The van der Waals surface area contributed by atoms with E-state index >= 15 is 0 Å². The number of benzene rings is 1. The molecule has 3 aromatic rings. The van der Waals surface area contributed by atoms with Gasteiger partial charge in [-0.3, -0.25) is 9.59 Å². The molecule has 7 heteroatoms. The van der Waals surface area contributed by atoms with Gasteiger partial charge in [-0.2, -0.15) is 10.2 Å². The molecule has 1 amide bonds. The van der Waals surface area contributed by atoms with E-state index in [0.717, 1.165) is 23.4 Å². The van der Waals surface area contributed by atoms with E-state index in [1.54, 1.807) is 30.5 Å². The Morgan fingerprint density at radius 3 is 2.55 bits per heavy atom. The van der Waals surface area contributed by atoms with Crippen molar-refractivity contribution in [3.05, 3.63) is 63.3 Å². The van der Waals surface area contributed by atoms with E-state index in [2.05, 4.69) is 41.0 Å². The number of nitrogens with one attached hydrogen (secondary N) is 1. The highest BCUT2D eigenvalue weighted by Gasteiger charge is 2.16. The molecule has 7 nitrogen and oxygen atoms in total. The highest BCUT2D eigenvalue weighted by Crippen LogP contribution is 2.18. The van der Waals surface area contributed by atoms with Gasteiger partial charge in [-0.1, -0.05) is 25.1 Å². The fourth-order valence-electron chi connectivity index (χ4n) is 3.71. The molecule has 0 saturated heterocycles. The second-order valence-corrected chi connectivity index (χ2v) is 7.41. The quantitative estimate of drug-likeness (QED) is 0.513. The van der Waals surface area contributed by atoms with E-state index < -0.39 is 5.91 Å². The molecule has 2 aromatic heterocycles. The van der Waals surface area contributed by atoms with Gasteiger partial charge in [0.25, 0.3) is 11.5 Å². The summed E-state index contributed by atoms with van der Waals surface area (Å²) in [5.41, 5.74) is 5.74. The number of aryl methyl sites for hydroxylation is 2. The van der Waals surface area contributed by atoms with Crippen molar-refractivity contribution in [1.82, 2.24) is 19.8 Å². The number of carbonyl (C=O) groups excluding carboxylic acids is 1. The molecule has 0 aliphatic carbocycles. The van der Waals surface area contributed by atoms with Gasteiger partial charge in [0, 0.05) is 34.9 Å². The number of amides is 1. The average molecular weight is 393 g/mol. The highest BCUT2D eigenvalue weighted by atomic mass is 16.2. The Balaban J connectivity index is 1.91. The fourth-order valence-corrected chi connectivity index (χ4v) is 3.71. The second kappa shape index (κ2) is 8.43. The van der Waals surface area contributed by atoms with Crippen LogP contribution in [0.5, 0.6) is 0 Å². The maximum Gasteiger partial charge on any atom is 0.292 e. The molecule has 0 unspecified atom stereocenters. The third kappa shape index (κ3) is 3.99. The molecule has 0 aliphatic rings. The number of aromatic nitrogens is 3. The smallest absolute Gasteiger partial charge is 0.292 e. The Morgan fingerprint density at radius 2 is 1.93 bits per heavy atom. The second-order valence-electron chi connectivity index (χ2n) is 7.41. The molecule has 0 atom stereocenters. The van der Waals surface area contributed by atoms with Crippen LogP contribution in [-0.4, -0.2) is 26.5 Å². The zero-order valence-corrected chi connectivity index (χ0v) is 17.6. The van der Waals surface area contributed by atoms with Gasteiger partial charge < -0.3 is 4.57 Å². The zero-order chi connectivity index (χ0) is 21.1. The Hall–Kier alpha value is -3.22. The number of fused-ring (bicyclic) bond motifs is 1. The number of hydrogen-bond donors (Lipinski definition) is 1. The van der Waals surface area contributed by atoms with Crippen LogP contribution >= 0.6 is 0 Å². The van der Waals surface area contributed by atoms with Crippen LogP contribution < -0.4 is 11.0 Å². The van der Waals surface area contributed by atoms with Crippen molar-refractivity contribution in [3.8, 4) is 0 Å². The van der Waals surface area contributed by atoms with Gasteiger partial charge >= 0.3 is 0 Å². The summed E-state index contributed by atoms with van der Waals surface area (Å²) in [6, 6.07) is 9.40. The molecule has 1 N–H and O–H groups in total. The van der Waals surface area contributed by atoms with Crippen molar-refractivity contribution in [1.29, 1.82) is 0 Å².